The summed E-state index contributed by atoms with van der Waals surface area (Å²) in [5.41, 5.74) is 0.388. The Morgan fingerprint density at radius 1 is 1.24 bits per heavy atom. The van der Waals surface area contributed by atoms with Crippen LogP contribution >= 0.6 is 35.1 Å². The van der Waals surface area contributed by atoms with Gasteiger partial charge in [-0.05, 0) is 43.0 Å². The van der Waals surface area contributed by atoms with Gasteiger partial charge in [0.05, 0.1) is 10.6 Å². The van der Waals surface area contributed by atoms with E-state index >= 15 is 0 Å². The molecule has 0 saturated carbocycles. The van der Waals surface area contributed by atoms with Gasteiger partial charge in [-0.15, -0.1) is 35.1 Å². The van der Waals surface area contributed by atoms with Crippen molar-refractivity contribution in [3.05, 3.63) is 28.6 Å². The van der Waals surface area contributed by atoms with Gasteiger partial charge < -0.3 is 10.2 Å². The van der Waals surface area contributed by atoms with Crippen LogP contribution in [0.4, 0.5) is 0 Å². The van der Waals surface area contributed by atoms with Gasteiger partial charge in [0.1, 0.15) is 16.6 Å². The van der Waals surface area contributed by atoms with Crippen molar-refractivity contribution >= 4 is 46.9 Å². The van der Waals surface area contributed by atoms with Crippen molar-refractivity contribution in [1.82, 2.24) is 20.1 Å². The monoisotopic (exact) mass is 510 g/mol. The molecule has 0 aromatic carbocycles. The second kappa shape index (κ2) is 11.3. The van der Waals surface area contributed by atoms with Gasteiger partial charge in [-0.25, -0.2) is 4.98 Å². The molecule has 1 atom stereocenters. The Labute approximate surface area is 211 Å². The van der Waals surface area contributed by atoms with Crippen LogP contribution in [0.5, 0.6) is 0 Å². The summed E-state index contributed by atoms with van der Waals surface area (Å²) < 4.78 is 0. The predicted octanol–water partition coefficient (Wildman–Crippen LogP) is 4.80. The van der Waals surface area contributed by atoms with E-state index in [1.807, 2.05) is 4.90 Å². The molecule has 2 fully saturated rings. The van der Waals surface area contributed by atoms with E-state index in [2.05, 4.69) is 53.9 Å². The van der Waals surface area contributed by atoms with Gasteiger partial charge in [-0.2, -0.15) is 0 Å². The van der Waals surface area contributed by atoms with E-state index in [1.165, 1.54) is 4.88 Å². The number of carbonyl (C=O) groups excluding carboxylic acids is 2. The largest absolute Gasteiger partial charge is 0.342 e. The quantitative estimate of drug-likeness (QED) is 0.554. The van der Waals surface area contributed by atoms with Crippen LogP contribution in [0.2, 0.25) is 0 Å². The number of aromatic nitrogens is 1. The highest BCUT2D eigenvalue weighted by molar-refractivity contribution is 7.20. The fourth-order valence-electron chi connectivity index (χ4n) is 4.85. The molecule has 4 rings (SSSR count). The lowest BCUT2D eigenvalue weighted by Crippen LogP contribution is -2.73. The first-order chi connectivity index (χ1) is 15.4. The van der Waals surface area contributed by atoms with Gasteiger partial charge in [-0.3, -0.25) is 14.5 Å². The number of likely N-dealkylation sites (tertiary alicyclic amines) is 1. The molecule has 1 N–H and O–H groups in total. The molecule has 9 heteroatoms. The number of carbonyl (C=O) groups is 2. The molecule has 2 aromatic rings. The van der Waals surface area contributed by atoms with E-state index in [9.17, 15) is 9.59 Å². The fraction of sp³-hybridized carbons (Fsp3) is 0.625. The van der Waals surface area contributed by atoms with Crippen LogP contribution in [0, 0.1) is 5.92 Å². The van der Waals surface area contributed by atoms with Gasteiger partial charge >= 0.3 is 0 Å². The molecule has 1 unspecified atom stereocenters. The van der Waals surface area contributed by atoms with E-state index in [4.69, 9.17) is 4.98 Å². The van der Waals surface area contributed by atoms with E-state index in [1.54, 1.807) is 22.7 Å². The van der Waals surface area contributed by atoms with Crippen LogP contribution in [0.1, 0.15) is 58.6 Å². The Morgan fingerprint density at radius 2 is 2.00 bits per heavy atom. The van der Waals surface area contributed by atoms with Crippen molar-refractivity contribution in [2.75, 3.05) is 19.6 Å². The van der Waals surface area contributed by atoms with E-state index < -0.39 is 5.54 Å². The average Bonchev–Trinajstić information content (AvgIpc) is 3.45. The van der Waals surface area contributed by atoms with Gasteiger partial charge in [0.2, 0.25) is 11.8 Å². The van der Waals surface area contributed by atoms with Crippen LogP contribution in [0.15, 0.2) is 22.9 Å². The highest BCUT2D eigenvalue weighted by atomic mass is 35.5. The SMILES string of the molecule is CCCCN1C(=O)C(CC(C)C)NC(=O)C12CCN(Cc1csc(-c3cccs3)n1)CC2.Cl. The minimum atomic E-state index is -0.694. The third-order valence-corrected chi connectivity index (χ3v) is 8.53. The number of thiophene rings is 1. The molecule has 4 heterocycles. The normalized spacial score (nSPS) is 20.8. The van der Waals surface area contributed by atoms with Crippen LogP contribution in [0.3, 0.4) is 0 Å². The topological polar surface area (TPSA) is 65.5 Å². The maximum atomic E-state index is 13.4. The van der Waals surface area contributed by atoms with Crippen molar-refractivity contribution in [1.29, 1.82) is 0 Å². The van der Waals surface area contributed by atoms with Gasteiger partial charge in [0.15, 0.2) is 0 Å². The summed E-state index contributed by atoms with van der Waals surface area (Å²) in [6, 6.07) is 3.78. The number of amides is 2. The Kier molecular flexibility index (Phi) is 8.95. The molecule has 2 aliphatic heterocycles. The molecule has 0 bridgehead atoms. The summed E-state index contributed by atoms with van der Waals surface area (Å²) in [6.07, 6.45) is 4.02. The molecule has 2 saturated heterocycles. The summed E-state index contributed by atoms with van der Waals surface area (Å²) >= 11 is 3.40. The third kappa shape index (κ3) is 5.61. The third-order valence-electron chi connectivity index (χ3n) is 6.60. The first-order valence-electron chi connectivity index (χ1n) is 11.8. The first kappa shape index (κ1) is 26.1. The second-order valence-corrected chi connectivity index (χ2v) is 11.2. The fourth-order valence-corrected chi connectivity index (χ4v) is 6.47. The van der Waals surface area contributed by atoms with Crippen molar-refractivity contribution < 1.29 is 9.59 Å². The van der Waals surface area contributed by atoms with Crippen molar-refractivity contribution in [3.8, 4) is 9.88 Å². The average molecular weight is 511 g/mol. The Hall–Kier alpha value is -1.48. The molecule has 0 aliphatic carbocycles. The summed E-state index contributed by atoms with van der Waals surface area (Å²) in [4.78, 5) is 37.0. The number of nitrogens with zero attached hydrogens (tertiary/aromatic N) is 3. The number of piperidine rings is 1. The molecule has 33 heavy (non-hydrogen) atoms. The highest BCUT2D eigenvalue weighted by Crippen LogP contribution is 2.35. The van der Waals surface area contributed by atoms with E-state index in [0.29, 0.717) is 31.7 Å². The number of hydrogen-bond donors (Lipinski definition) is 1. The van der Waals surface area contributed by atoms with Gasteiger partial charge in [0.25, 0.3) is 0 Å². The smallest absolute Gasteiger partial charge is 0.246 e. The maximum Gasteiger partial charge on any atom is 0.246 e. The van der Waals surface area contributed by atoms with Crippen LogP contribution < -0.4 is 5.32 Å². The molecule has 2 aliphatic rings. The van der Waals surface area contributed by atoms with Crippen molar-refractivity contribution in [2.24, 2.45) is 5.92 Å². The molecular weight excluding hydrogens is 476 g/mol. The van der Waals surface area contributed by atoms with Gasteiger partial charge in [0, 0.05) is 31.6 Å². The lowest BCUT2D eigenvalue weighted by atomic mass is 9.80. The van der Waals surface area contributed by atoms with Crippen LogP contribution in [-0.4, -0.2) is 57.8 Å². The number of unbranched alkanes of at least 4 members (excludes halogenated alkanes) is 1. The molecule has 182 valence electrons. The molecule has 0 radical (unpaired) electrons. The molecule has 2 aromatic heterocycles. The lowest BCUT2D eigenvalue weighted by molar-refractivity contribution is -0.161. The maximum absolute atomic E-state index is 13.4. The minimum Gasteiger partial charge on any atom is -0.342 e. The molecular formula is C24H35ClN4O2S2. The van der Waals surface area contributed by atoms with Crippen LogP contribution in [-0.2, 0) is 16.1 Å². The number of piperazine rings is 1. The lowest BCUT2D eigenvalue weighted by Gasteiger charge is -2.52. The minimum absolute atomic E-state index is 0. The predicted molar refractivity (Wildman–Crippen MR) is 138 cm³/mol. The number of hydrogen-bond acceptors (Lipinski definition) is 6. The highest BCUT2D eigenvalue weighted by Gasteiger charge is 2.53. The Balaban J connectivity index is 0.00000306. The molecule has 1 spiro atoms. The summed E-state index contributed by atoms with van der Waals surface area (Å²) in [7, 11) is 0. The number of rotatable bonds is 8. The zero-order valence-corrected chi connectivity index (χ0v) is 22.2. The van der Waals surface area contributed by atoms with Crippen molar-refractivity contribution in [2.45, 2.75) is 71.0 Å². The standard InChI is InChI=1S/C24H34N4O2S2.ClH/c1-4-5-10-28-22(29)19(14-17(2)3)26-23(30)24(28)8-11-27(12-9-24)15-18-16-32-21(25-18)20-7-6-13-31-20;/h6-7,13,16-17,19H,4-5,8-12,14-15H2,1-3H3,(H,26,30);1H. The number of nitrogens with one attached hydrogen (secondary N) is 1. The Bertz CT molecular complexity index is 923. The summed E-state index contributed by atoms with van der Waals surface area (Å²) in [5, 5.41) is 8.38. The van der Waals surface area contributed by atoms with Crippen molar-refractivity contribution in [3.63, 3.8) is 0 Å². The summed E-state index contributed by atoms with van der Waals surface area (Å²) in [6.45, 7) is 9.38. The molecule has 6 nitrogen and oxygen atoms in total. The number of halogens is 1. The van der Waals surface area contributed by atoms with E-state index in [0.717, 1.165) is 43.2 Å². The van der Waals surface area contributed by atoms with E-state index in [-0.39, 0.29) is 30.3 Å². The summed E-state index contributed by atoms with van der Waals surface area (Å²) in [5.74, 6) is 0.526. The first-order valence-corrected chi connectivity index (χ1v) is 13.5. The second-order valence-electron chi connectivity index (χ2n) is 9.43. The zero-order chi connectivity index (χ0) is 22.7. The Morgan fingerprint density at radius 3 is 2.64 bits per heavy atom. The zero-order valence-electron chi connectivity index (χ0n) is 19.7. The van der Waals surface area contributed by atoms with Gasteiger partial charge in [-0.1, -0.05) is 33.3 Å². The van der Waals surface area contributed by atoms with Crippen LogP contribution in [0.25, 0.3) is 9.88 Å². The molecule has 2 amide bonds. The number of thiazole rings is 1.